The van der Waals surface area contributed by atoms with Gasteiger partial charge in [-0.3, -0.25) is 9.59 Å². The summed E-state index contributed by atoms with van der Waals surface area (Å²) in [4.78, 5) is 28.4. The molecule has 120 valence electrons. The van der Waals surface area contributed by atoms with E-state index in [2.05, 4.69) is 20.8 Å². The molecule has 2 amide bonds. The Bertz CT molecular complexity index is 378. The maximum atomic E-state index is 12.4. The SMILES string of the molecule is CC(C)(C)SCC(=O)N1CCN(C(=O)C2CCCC2)CC1. The summed E-state index contributed by atoms with van der Waals surface area (Å²) in [6.07, 6.45) is 4.50. The van der Waals surface area contributed by atoms with Crippen LogP contribution in [0.2, 0.25) is 0 Å². The molecule has 0 aromatic rings. The molecule has 1 heterocycles. The first-order chi connectivity index (χ1) is 9.87. The molecular weight excluding hydrogens is 284 g/mol. The van der Waals surface area contributed by atoms with Crippen molar-refractivity contribution in [3.8, 4) is 0 Å². The summed E-state index contributed by atoms with van der Waals surface area (Å²) < 4.78 is 0.121. The van der Waals surface area contributed by atoms with Gasteiger partial charge in [0.1, 0.15) is 0 Å². The summed E-state index contributed by atoms with van der Waals surface area (Å²) in [5.41, 5.74) is 0. The van der Waals surface area contributed by atoms with Gasteiger partial charge in [0.05, 0.1) is 5.75 Å². The van der Waals surface area contributed by atoms with Gasteiger partial charge in [-0.25, -0.2) is 0 Å². The number of hydrogen-bond acceptors (Lipinski definition) is 3. The first-order valence-electron chi connectivity index (χ1n) is 8.07. The molecule has 0 N–H and O–H groups in total. The van der Waals surface area contributed by atoms with E-state index in [0.717, 1.165) is 12.8 Å². The lowest BCUT2D eigenvalue weighted by atomic mass is 10.1. The second-order valence-electron chi connectivity index (χ2n) is 7.09. The molecule has 1 saturated carbocycles. The van der Waals surface area contributed by atoms with Gasteiger partial charge in [0.25, 0.3) is 0 Å². The summed E-state index contributed by atoms with van der Waals surface area (Å²) in [5, 5.41) is 0. The number of carbonyl (C=O) groups is 2. The summed E-state index contributed by atoms with van der Waals surface area (Å²) in [6.45, 7) is 9.20. The molecule has 5 heteroatoms. The van der Waals surface area contributed by atoms with Crippen LogP contribution in [0.3, 0.4) is 0 Å². The second kappa shape index (κ2) is 7.03. The summed E-state index contributed by atoms with van der Waals surface area (Å²) >= 11 is 1.69. The van der Waals surface area contributed by atoms with Gasteiger partial charge in [0, 0.05) is 36.8 Å². The normalized spacial score (nSPS) is 20.9. The van der Waals surface area contributed by atoms with Crippen LogP contribution in [0.15, 0.2) is 0 Å². The van der Waals surface area contributed by atoms with Crippen LogP contribution < -0.4 is 0 Å². The van der Waals surface area contributed by atoms with Crippen LogP contribution in [-0.2, 0) is 9.59 Å². The van der Waals surface area contributed by atoms with Crippen LogP contribution in [-0.4, -0.2) is 58.3 Å². The molecule has 2 fully saturated rings. The van der Waals surface area contributed by atoms with E-state index in [0.29, 0.717) is 37.8 Å². The number of amides is 2. The molecule has 0 unspecified atom stereocenters. The van der Waals surface area contributed by atoms with Gasteiger partial charge in [-0.2, -0.15) is 0 Å². The number of carbonyl (C=O) groups excluding carboxylic acids is 2. The molecule has 0 aromatic heterocycles. The van der Waals surface area contributed by atoms with Crippen molar-refractivity contribution in [2.75, 3.05) is 31.9 Å². The third-order valence-corrected chi connectivity index (χ3v) is 5.53. The molecule has 0 radical (unpaired) electrons. The van der Waals surface area contributed by atoms with Crippen molar-refractivity contribution >= 4 is 23.6 Å². The van der Waals surface area contributed by atoms with Crippen LogP contribution in [0, 0.1) is 5.92 Å². The zero-order valence-corrected chi connectivity index (χ0v) is 14.4. The topological polar surface area (TPSA) is 40.6 Å². The molecule has 1 saturated heterocycles. The fourth-order valence-corrected chi connectivity index (χ4v) is 3.72. The van der Waals surface area contributed by atoms with E-state index >= 15 is 0 Å². The van der Waals surface area contributed by atoms with Crippen LogP contribution in [0.4, 0.5) is 0 Å². The molecule has 21 heavy (non-hydrogen) atoms. The molecular formula is C16H28N2O2S. The van der Waals surface area contributed by atoms with E-state index in [1.54, 1.807) is 11.8 Å². The Labute approximate surface area is 132 Å². The second-order valence-corrected chi connectivity index (χ2v) is 8.89. The number of nitrogens with zero attached hydrogens (tertiary/aromatic N) is 2. The van der Waals surface area contributed by atoms with Crippen molar-refractivity contribution in [2.24, 2.45) is 5.92 Å². The lowest BCUT2D eigenvalue weighted by Gasteiger charge is -2.36. The highest BCUT2D eigenvalue weighted by Crippen LogP contribution is 2.27. The van der Waals surface area contributed by atoms with Gasteiger partial charge in [-0.05, 0) is 12.8 Å². The smallest absolute Gasteiger partial charge is 0.232 e. The standard InChI is InChI=1S/C16H28N2O2S/c1-16(2,3)21-12-14(19)17-8-10-18(11-9-17)15(20)13-6-4-5-7-13/h13H,4-12H2,1-3H3. The molecule has 4 nitrogen and oxygen atoms in total. The van der Waals surface area contributed by atoms with Gasteiger partial charge in [-0.1, -0.05) is 33.6 Å². The molecule has 0 aromatic carbocycles. The average molecular weight is 312 g/mol. The van der Waals surface area contributed by atoms with Crippen LogP contribution in [0.5, 0.6) is 0 Å². The highest BCUT2D eigenvalue weighted by atomic mass is 32.2. The van der Waals surface area contributed by atoms with E-state index in [-0.39, 0.29) is 16.6 Å². The van der Waals surface area contributed by atoms with E-state index in [1.807, 2.05) is 9.80 Å². The summed E-state index contributed by atoms with van der Waals surface area (Å²) in [5.74, 6) is 1.33. The fraction of sp³-hybridized carbons (Fsp3) is 0.875. The largest absolute Gasteiger partial charge is 0.339 e. The number of hydrogen-bond donors (Lipinski definition) is 0. The van der Waals surface area contributed by atoms with Crippen LogP contribution >= 0.6 is 11.8 Å². The molecule has 0 atom stereocenters. The predicted molar refractivity (Wildman–Crippen MR) is 87.3 cm³/mol. The minimum atomic E-state index is 0.121. The fourth-order valence-electron chi connectivity index (χ4n) is 2.98. The average Bonchev–Trinajstić information content (AvgIpc) is 2.97. The van der Waals surface area contributed by atoms with Crippen LogP contribution in [0.25, 0.3) is 0 Å². The first kappa shape index (κ1) is 16.7. The molecule has 2 aliphatic rings. The molecule has 0 bridgehead atoms. The summed E-state index contributed by atoms with van der Waals surface area (Å²) in [6, 6.07) is 0. The first-order valence-corrected chi connectivity index (χ1v) is 9.06. The Morgan fingerprint density at radius 2 is 1.52 bits per heavy atom. The molecule has 1 aliphatic carbocycles. The Balaban J connectivity index is 1.74. The third-order valence-electron chi connectivity index (χ3n) is 4.28. The van der Waals surface area contributed by atoms with Crippen molar-refractivity contribution < 1.29 is 9.59 Å². The van der Waals surface area contributed by atoms with Crippen molar-refractivity contribution in [3.63, 3.8) is 0 Å². The number of rotatable bonds is 3. The van der Waals surface area contributed by atoms with E-state index < -0.39 is 0 Å². The monoisotopic (exact) mass is 312 g/mol. The molecule has 1 aliphatic heterocycles. The lowest BCUT2D eigenvalue weighted by molar-refractivity contribution is -0.141. The maximum absolute atomic E-state index is 12.4. The van der Waals surface area contributed by atoms with Crippen LogP contribution in [0.1, 0.15) is 46.5 Å². The Kier molecular flexibility index (Phi) is 5.58. The van der Waals surface area contributed by atoms with Gasteiger partial charge in [0.2, 0.25) is 11.8 Å². The summed E-state index contributed by atoms with van der Waals surface area (Å²) in [7, 11) is 0. The zero-order chi connectivity index (χ0) is 15.5. The van der Waals surface area contributed by atoms with Crippen molar-refractivity contribution in [1.29, 1.82) is 0 Å². The number of piperazine rings is 1. The maximum Gasteiger partial charge on any atom is 0.232 e. The third kappa shape index (κ3) is 4.90. The quantitative estimate of drug-likeness (QED) is 0.803. The lowest BCUT2D eigenvalue weighted by Crippen LogP contribution is -2.52. The number of thioether (sulfide) groups is 1. The van der Waals surface area contributed by atoms with Gasteiger partial charge in [-0.15, -0.1) is 11.8 Å². The highest BCUT2D eigenvalue weighted by Gasteiger charge is 2.30. The van der Waals surface area contributed by atoms with E-state index in [9.17, 15) is 9.59 Å². The van der Waals surface area contributed by atoms with Gasteiger partial charge >= 0.3 is 0 Å². The van der Waals surface area contributed by atoms with E-state index in [4.69, 9.17) is 0 Å². The van der Waals surface area contributed by atoms with Gasteiger partial charge < -0.3 is 9.80 Å². The molecule has 2 rings (SSSR count). The molecule has 0 spiro atoms. The Hall–Kier alpha value is -0.710. The van der Waals surface area contributed by atoms with Crippen molar-refractivity contribution in [3.05, 3.63) is 0 Å². The highest BCUT2D eigenvalue weighted by molar-refractivity contribution is 8.01. The minimum Gasteiger partial charge on any atom is -0.339 e. The minimum absolute atomic E-state index is 0.121. The zero-order valence-electron chi connectivity index (χ0n) is 13.6. The predicted octanol–water partition coefficient (Wildman–Crippen LogP) is 2.38. The Morgan fingerprint density at radius 1 is 1.00 bits per heavy atom. The van der Waals surface area contributed by atoms with Crippen molar-refractivity contribution in [2.45, 2.75) is 51.2 Å². The van der Waals surface area contributed by atoms with Gasteiger partial charge in [0.15, 0.2) is 0 Å². The Morgan fingerprint density at radius 3 is 2.05 bits per heavy atom. The van der Waals surface area contributed by atoms with E-state index in [1.165, 1.54) is 12.8 Å². The van der Waals surface area contributed by atoms with Crippen molar-refractivity contribution in [1.82, 2.24) is 9.80 Å².